The van der Waals surface area contributed by atoms with Crippen LogP contribution in [0.1, 0.15) is 16.7 Å². The van der Waals surface area contributed by atoms with E-state index in [4.69, 9.17) is 5.73 Å². The van der Waals surface area contributed by atoms with Crippen molar-refractivity contribution in [2.24, 2.45) is 5.73 Å². The SMILES string of the molecule is Cc1cccc(CNC[C@@H](O)[C@@H](N)Cc2cc(F)cc(F)c2)c1. The van der Waals surface area contributed by atoms with Crippen LogP contribution in [0.2, 0.25) is 0 Å². The molecule has 0 aliphatic carbocycles. The molecule has 0 bridgehead atoms. The van der Waals surface area contributed by atoms with E-state index in [1.54, 1.807) is 0 Å². The zero-order valence-corrected chi connectivity index (χ0v) is 13.1. The first kappa shape index (κ1) is 17.5. The van der Waals surface area contributed by atoms with E-state index in [1.807, 2.05) is 25.1 Å². The van der Waals surface area contributed by atoms with Gasteiger partial charge in [-0.2, -0.15) is 0 Å². The number of aliphatic hydroxyl groups is 1. The largest absolute Gasteiger partial charge is 0.390 e. The van der Waals surface area contributed by atoms with Gasteiger partial charge in [-0.25, -0.2) is 8.78 Å². The summed E-state index contributed by atoms with van der Waals surface area (Å²) < 4.78 is 26.3. The predicted octanol–water partition coefficient (Wildman–Crippen LogP) is 2.29. The van der Waals surface area contributed by atoms with Crippen molar-refractivity contribution in [3.8, 4) is 0 Å². The van der Waals surface area contributed by atoms with Crippen LogP contribution in [0.25, 0.3) is 0 Å². The minimum Gasteiger partial charge on any atom is -0.390 e. The van der Waals surface area contributed by atoms with Crippen LogP contribution in [0.15, 0.2) is 42.5 Å². The van der Waals surface area contributed by atoms with Crippen molar-refractivity contribution in [3.05, 3.63) is 70.8 Å². The Morgan fingerprint density at radius 1 is 1.09 bits per heavy atom. The van der Waals surface area contributed by atoms with E-state index in [-0.39, 0.29) is 6.42 Å². The van der Waals surface area contributed by atoms with Crippen LogP contribution in [0.3, 0.4) is 0 Å². The summed E-state index contributed by atoms with van der Waals surface area (Å²) >= 11 is 0. The van der Waals surface area contributed by atoms with E-state index in [2.05, 4.69) is 11.4 Å². The van der Waals surface area contributed by atoms with Crippen LogP contribution in [0.4, 0.5) is 8.78 Å². The Morgan fingerprint density at radius 3 is 2.43 bits per heavy atom. The van der Waals surface area contributed by atoms with Gasteiger partial charge in [0.25, 0.3) is 0 Å². The molecule has 0 saturated carbocycles. The number of nitrogens with two attached hydrogens (primary N) is 1. The number of nitrogens with one attached hydrogen (secondary N) is 1. The third kappa shape index (κ3) is 5.71. The van der Waals surface area contributed by atoms with E-state index in [9.17, 15) is 13.9 Å². The smallest absolute Gasteiger partial charge is 0.126 e. The molecule has 23 heavy (non-hydrogen) atoms. The van der Waals surface area contributed by atoms with Gasteiger partial charge in [0.05, 0.1) is 6.10 Å². The standard InChI is InChI=1S/C18H22F2N2O/c1-12-3-2-4-13(5-12)10-22-11-18(23)17(21)8-14-6-15(19)9-16(20)7-14/h2-7,9,17-18,22-23H,8,10-11,21H2,1H3/t17-,18+/m0/s1. The summed E-state index contributed by atoms with van der Waals surface area (Å²) in [5.74, 6) is -1.28. The van der Waals surface area contributed by atoms with Crippen molar-refractivity contribution < 1.29 is 13.9 Å². The second-order valence-corrected chi connectivity index (χ2v) is 5.83. The van der Waals surface area contributed by atoms with Crippen molar-refractivity contribution in [2.75, 3.05) is 6.54 Å². The molecule has 0 unspecified atom stereocenters. The second-order valence-electron chi connectivity index (χ2n) is 5.83. The molecule has 124 valence electrons. The highest BCUT2D eigenvalue weighted by atomic mass is 19.1. The van der Waals surface area contributed by atoms with Gasteiger partial charge in [-0.1, -0.05) is 29.8 Å². The molecule has 0 aromatic heterocycles. The van der Waals surface area contributed by atoms with Gasteiger partial charge in [0.1, 0.15) is 11.6 Å². The predicted molar refractivity (Wildman–Crippen MR) is 86.9 cm³/mol. The van der Waals surface area contributed by atoms with E-state index in [0.29, 0.717) is 18.7 Å². The highest BCUT2D eigenvalue weighted by Crippen LogP contribution is 2.11. The lowest BCUT2D eigenvalue weighted by Gasteiger charge is -2.19. The van der Waals surface area contributed by atoms with Gasteiger partial charge < -0.3 is 16.2 Å². The topological polar surface area (TPSA) is 58.3 Å². The molecule has 0 saturated heterocycles. The van der Waals surface area contributed by atoms with Crippen molar-refractivity contribution in [3.63, 3.8) is 0 Å². The molecule has 5 heteroatoms. The van der Waals surface area contributed by atoms with Crippen molar-refractivity contribution in [1.82, 2.24) is 5.32 Å². The van der Waals surface area contributed by atoms with Gasteiger partial charge in [-0.15, -0.1) is 0 Å². The number of aliphatic hydroxyl groups excluding tert-OH is 1. The van der Waals surface area contributed by atoms with Crippen molar-refractivity contribution in [1.29, 1.82) is 0 Å². The van der Waals surface area contributed by atoms with E-state index >= 15 is 0 Å². The van der Waals surface area contributed by atoms with Gasteiger partial charge in [-0.05, 0) is 36.6 Å². The zero-order chi connectivity index (χ0) is 16.8. The van der Waals surface area contributed by atoms with E-state index < -0.39 is 23.8 Å². The molecule has 3 nitrogen and oxygen atoms in total. The molecule has 0 fully saturated rings. The molecule has 4 N–H and O–H groups in total. The summed E-state index contributed by atoms with van der Waals surface area (Å²) in [5.41, 5.74) is 8.65. The molecular weight excluding hydrogens is 298 g/mol. The van der Waals surface area contributed by atoms with Crippen LogP contribution in [0.5, 0.6) is 0 Å². The molecule has 2 aromatic carbocycles. The molecule has 0 radical (unpaired) electrons. The highest BCUT2D eigenvalue weighted by Gasteiger charge is 2.16. The lowest BCUT2D eigenvalue weighted by Crippen LogP contribution is -2.43. The van der Waals surface area contributed by atoms with Crippen LogP contribution >= 0.6 is 0 Å². The van der Waals surface area contributed by atoms with Gasteiger partial charge in [0, 0.05) is 25.2 Å². The number of aryl methyl sites for hydroxylation is 1. The van der Waals surface area contributed by atoms with Crippen molar-refractivity contribution in [2.45, 2.75) is 32.0 Å². The summed E-state index contributed by atoms with van der Waals surface area (Å²) in [6, 6.07) is 10.7. The first-order valence-electron chi connectivity index (χ1n) is 7.59. The maximum absolute atomic E-state index is 13.1. The highest BCUT2D eigenvalue weighted by molar-refractivity contribution is 5.22. The Morgan fingerprint density at radius 2 is 1.78 bits per heavy atom. The first-order chi connectivity index (χ1) is 10.9. The fraction of sp³-hybridized carbons (Fsp3) is 0.333. The average molecular weight is 320 g/mol. The van der Waals surface area contributed by atoms with Crippen LogP contribution in [-0.2, 0) is 13.0 Å². The second kappa shape index (κ2) is 8.15. The van der Waals surface area contributed by atoms with Gasteiger partial charge >= 0.3 is 0 Å². The zero-order valence-electron chi connectivity index (χ0n) is 13.1. The maximum Gasteiger partial charge on any atom is 0.126 e. The lowest BCUT2D eigenvalue weighted by molar-refractivity contribution is 0.141. The number of halogens is 2. The van der Waals surface area contributed by atoms with Gasteiger partial charge in [0.2, 0.25) is 0 Å². The third-order valence-corrected chi connectivity index (χ3v) is 3.65. The van der Waals surface area contributed by atoms with Crippen LogP contribution in [0, 0.1) is 18.6 Å². The molecule has 0 aliphatic heterocycles. The fourth-order valence-electron chi connectivity index (χ4n) is 2.47. The van der Waals surface area contributed by atoms with Crippen LogP contribution in [-0.4, -0.2) is 23.8 Å². The summed E-state index contributed by atoms with van der Waals surface area (Å²) in [6.07, 6.45) is -0.590. The summed E-state index contributed by atoms with van der Waals surface area (Å²) in [7, 11) is 0. The molecular formula is C18H22F2N2O. The lowest BCUT2D eigenvalue weighted by atomic mass is 10.0. The third-order valence-electron chi connectivity index (χ3n) is 3.65. The molecule has 0 aliphatic rings. The number of hydrogen-bond acceptors (Lipinski definition) is 3. The quantitative estimate of drug-likeness (QED) is 0.734. The summed E-state index contributed by atoms with van der Waals surface area (Å²) in [5, 5.41) is 13.2. The monoisotopic (exact) mass is 320 g/mol. The average Bonchev–Trinajstić information content (AvgIpc) is 2.46. The number of hydrogen-bond donors (Lipinski definition) is 3. The molecule has 0 amide bonds. The Bertz CT molecular complexity index is 628. The van der Waals surface area contributed by atoms with Crippen molar-refractivity contribution >= 4 is 0 Å². The number of benzene rings is 2. The Labute approximate surface area is 135 Å². The summed E-state index contributed by atoms with van der Waals surface area (Å²) in [4.78, 5) is 0. The van der Waals surface area contributed by atoms with E-state index in [1.165, 1.54) is 17.7 Å². The Kier molecular flexibility index (Phi) is 6.21. The summed E-state index contributed by atoms with van der Waals surface area (Å²) in [6.45, 7) is 2.96. The maximum atomic E-state index is 13.1. The van der Waals surface area contributed by atoms with Gasteiger partial charge in [0.15, 0.2) is 0 Å². The fourth-order valence-corrected chi connectivity index (χ4v) is 2.47. The molecule has 2 aromatic rings. The molecule has 2 rings (SSSR count). The molecule has 2 atom stereocenters. The van der Waals surface area contributed by atoms with Crippen LogP contribution < -0.4 is 11.1 Å². The first-order valence-corrected chi connectivity index (χ1v) is 7.59. The Hall–Kier alpha value is -1.82. The minimum atomic E-state index is -0.800. The molecule has 0 heterocycles. The van der Waals surface area contributed by atoms with Gasteiger partial charge in [-0.3, -0.25) is 0 Å². The van der Waals surface area contributed by atoms with E-state index in [0.717, 1.165) is 11.6 Å². The number of rotatable bonds is 7. The molecule has 0 spiro atoms. The normalized spacial score (nSPS) is 13.8. The minimum absolute atomic E-state index is 0.210. The Balaban J connectivity index is 1.81.